The summed E-state index contributed by atoms with van der Waals surface area (Å²) >= 11 is 0. The molecule has 1 N–H and O–H groups in total. The van der Waals surface area contributed by atoms with Crippen LogP contribution in [0.25, 0.3) is 10.8 Å². The van der Waals surface area contributed by atoms with Crippen LogP contribution in [0.15, 0.2) is 48.5 Å². The fourth-order valence-corrected chi connectivity index (χ4v) is 3.85. The molecule has 2 nitrogen and oxygen atoms in total. The standard InChI is InChI=1S/C25H22F7NO/c1-4-15-6-7-18-12-19(9-8-17(18)11-15)22(34)33-21-14(3)10-20(13-16(21)5-2)23(26,24(27,28)29)25(30,31)32/h6-13H,4-5H2,1-3H3,(H,33,34). The van der Waals surface area contributed by atoms with Crippen molar-refractivity contribution in [2.75, 3.05) is 5.32 Å². The predicted molar refractivity (Wildman–Crippen MR) is 117 cm³/mol. The van der Waals surface area contributed by atoms with Crippen molar-refractivity contribution in [2.24, 2.45) is 0 Å². The number of carbonyl (C=O) groups excluding carboxylic acids is 1. The van der Waals surface area contributed by atoms with Crippen LogP contribution >= 0.6 is 0 Å². The van der Waals surface area contributed by atoms with Gasteiger partial charge in [0.05, 0.1) is 0 Å². The lowest BCUT2D eigenvalue weighted by atomic mass is 9.89. The summed E-state index contributed by atoms with van der Waals surface area (Å²) in [6, 6.07) is 11.7. The molecule has 0 aliphatic rings. The molecule has 3 rings (SSSR count). The normalized spacial score (nSPS) is 12.8. The molecule has 34 heavy (non-hydrogen) atoms. The highest BCUT2D eigenvalue weighted by molar-refractivity contribution is 6.07. The van der Waals surface area contributed by atoms with E-state index in [1.807, 2.05) is 25.1 Å². The van der Waals surface area contributed by atoms with E-state index >= 15 is 0 Å². The monoisotopic (exact) mass is 485 g/mol. The lowest BCUT2D eigenvalue weighted by Gasteiger charge is -2.31. The zero-order chi connectivity index (χ0) is 25.5. The lowest BCUT2D eigenvalue weighted by molar-refractivity contribution is -0.348. The van der Waals surface area contributed by atoms with Gasteiger partial charge >= 0.3 is 18.0 Å². The zero-order valence-electron chi connectivity index (χ0n) is 18.6. The van der Waals surface area contributed by atoms with Crippen LogP contribution in [0.1, 0.15) is 46.5 Å². The van der Waals surface area contributed by atoms with Crippen molar-refractivity contribution >= 4 is 22.4 Å². The minimum absolute atomic E-state index is 0.0341. The summed E-state index contributed by atoms with van der Waals surface area (Å²) in [5, 5.41) is 4.28. The summed E-state index contributed by atoms with van der Waals surface area (Å²) in [6.45, 7) is 4.72. The Kier molecular flexibility index (Phi) is 6.70. The molecule has 0 aliphatic carbocycles. The minimum Gasteiger partial charge on any atom is -0.321 e. The van der Waals surface area contributed by atoms with E-state index in [9.17, 15) is 35.5 Å². The van der Waals surface area contributed by atoms with Crippen LogP contribution in [0.5, 0.6) is 0 Å². The number of nitrogens with one attached hydrogen (secondary N) is 1. The van der Waals surface area contributed by atoms with Gasteiger partial charge in [0.15, 0.2) is 0 Å². The van der Waals surface area contributed by atoms with Gasteiger partial charge < -0.3 is 5.32 Å². The van der Waals surface area contributed by atoms with Crippen LogP contribution in [0.4, 0.5) is 36.4 Å². The number of hydrogen-bond donors (Lipinski definition) is 1. The van der Waals surface area contributed by atoms with Gasteiger partial charge in [0, 0.05) is 16.8 Å². The second-order valence-corrected chi connectivity index (χ2v) is 8.04. The third-order valence-electron chi connectivity index (χ3n) is 5.79. The van der Waals surface area contributed by atoms with Crippen molar-refractivity contribution in [2.45, 2.75) is 51.6 Å². The molecule has 0 aliphatic heterocycles. The quantitative estimate of drug-likeness (QED) is 0.367. The summed E-state index contributed by atoms with van der Waals surface area (Å²) in [4.78, 5) is 12.9. The van der Waals surface area contributed by atoms with Crippen molar-refractivity contribution in [3.63, 3.8) is 0 Å². The van der Waals surface area contributed by atoms with Crippen LogP contribution < -0.4 is 5.32 Å². The highest BCUT2D eigenvalue weighted by atomic mass is 19.4. The molecule has 182 valence electrons. The number of alkyl halides is 7. The van der Waals surface area contributed by atoms with Crippen LogP contribution in [0, 0.1) is 6.92 Å². The maximum absolute atomic E-state index is 14.6. The molecule has 0 bridgehead atoms. The summed E-state index contributed by atoms with van der Waals surface area (Å²) < 4.78 is 93.7. The summed E-state index contributed by atoms with van der Waals surface area (Å²) in [5.74, 6) is -0.592. The SMILES string of the molecule is CCc1ccc2cc(C(=O)Nc3c(C)cc(C(F)(C(F)(F)F)C(F)(F)F)cc3CC)ccc2c1. The number of carbonyl (C=O) groups is 1. The highest BCUT2D eigenvalue weighted by Gasteiger charge is 2.73. The van der Waals surface area contributed by atoms with E-state index in [0.717, 1.165) is 22.8 Å². The van der Waals surface area contributed by atoms with Crippen LogP contribution in [0.2, 0.25) is 0 Å². The molecule has 0 aromatic heterocycles. The number of benzene rings is 3. The topological polar surface area (TPSA) is 29.1 Å². The molecule has 0 unspecified atom stereocenters. The molecule has 0 saturated carbocycles. The highest BCUT2D eigenvalue weighted by Crippen LogP contribution is 2.53. The molecule has 0 saturated heterocycles. The van der Waals surface area contributed by atoms with E-state index in [-0.39, 0.29) is 28.8 Å². The number of amides is 1. The smallest absolute Gasteiger partial charge is 0.321 e. The van der Waals surface area contributed by atoms with E-state index in [4.69, 9.17) is 0 Å². The Labute approximate surface area is 191 Å². The summed E-state index contributed by atoms with van der Waals surface area (Å²) in [6.07, 6.45) is -11.6. The van der Waals surface area contributed by atoms with Gasteiger partial charge in [-0.25, -0.2) is 4.39 Å². The zero-order valence-corrected chi connectivity index (χ0v) is 18.6. The van der Waals surface area contributed by atoms with E-state index in [1.165, 1.54) is 13.8 Å². The maximum atomic E-state index is 14.6. The third kappa shape index (κ3) is 4.48. The van der Waals surface area contributed by atoms with Crippen molar-refractivity contribution in [3.05, 3.63) is 76.3 Å². The number of halogens is 7. The van der Waals surface area contributed by atoms with Gasteiger partial charge in [-0.2, -0.15) is 26.3 Å². The molecule has 3 aromatic rings. The second kappa shape index (κ2) is 8.92. The number of fused-ring (bicyclic) bond motifs is 1. The van der Waals surface area contributed by atoms with Gasteiger partial charge in [0.1, 0.15) is 0 Å². The fraction of sp³-hybridized carbons (Fsp3) is 0.320. The van der Waals surface area contributed by atoms with Crippen LogP contribution in [-0.4, -0.2) is 18.3 Å². The molecule has 0 atom stereocenters. The van der Waals surface area contributed by atoms with E-state index in [2.05, 4.69) is 5.32 Å². The number of aryl methyl sites for hydroxylation is 3. The Hall–Kier alpha value is -3.10. The lowest BCUT2D eigenvalue weighted by Crippen LogP contribution is -2.50. The van der Waals surface area contributed by atoms with E-state index in [1.54, 1.807) is 18.2 Å². The molecule has 1 amide bonds. The molecular formula is C25H22F7NO. The number of anilines is 1. The van der Waals surface area contributed by atoms with Gasteiger partial charge in [0.25, 0.3) is 5.91 Å². The molecule has 0 spiro atoms. The van der Waals surface area contributed by atoms with Crippen molar-refractivity contribution in [3.8, 4) is 0 Å². The molecule has 0 fully saturated rings. The average Bonchev–Trinajstić information content (AvgIpc) is 2.77. The first-order valence-electron chi connectivity index (χ1n) is 10.5. The Morgan fingerprint density at radius 1 is 0.794 bits per heavy atom. The number of rotatable bonds is 5. The first-order chi connectivity index (χ1) is 15.7. The first-order valence-corrected chi connectivity index (χ1v) is 10.5. The minimum atomic E-state index is -6.21. The third-order valence-corrected chi connectivity index (χ3v) is 5.79. The Balaban J connectivity index is 2.01. The van der Waals surface area contributed by atoms with E-state index in [0.29, 0.717) is 12.1 Å². The van der Waals surface area contributed by atoms with Crippen molar-refractivity contribution < 1.29 is 35.5 Å². The Morgan fingerprint density at radius 2 is 1.38 bits per heavy atom. The van der Waals surface area contributed by atoms with Gasteiger partial charge in [-0.15, -0.1) is 0 Å². The van der Waals surface area contributed by atoms with Crippen LogP contribution in [0.3, 0.4) is 0 Å². The Bertz CT molecular complexity index is 1210. The largest absolute Gasteiger partial charge is 0.435 e. The predicted octanol–water partition coefficient (Wildman–Crippen LogP) is 7.81. The molecule has 0 heterocycles. The van der Waals surface area contributed by atoms with Crippen LogP contribution in [-0.2, 0) is 18.5 Å². The van der Waals surface area contributed by atoms with Gasteiger partial charge in [-0.05, 0) is 65.4 Å². The first kappa shape index (κ1) is 25.5. The second-order valence-electron chi connectivity index (χ2n) is 8.04. The van der Waals surface area contributed by atoms with Crippen molar-refractivity contribution in [1.82, 2.24) is 0 Å². The summed E-state index contributed by atoms with van der Waals surface area (Å²) in [7, 11) is 0. The molecule has 3 aromatic carbocycles. The maximum Gasteiger partial charge on any atom is 0.435 e. The molecular weight excluding hydrogens is 463 g/mol. The van der Waals surface area contributed by atoms with Crippen molar-refractivity contribution in [1.29, 1.82) is 0 Å². The van der Waals surface area contributed by atoms with E-state index < -0.39 is 29.5 Å². The van der Waals surface area contributed by atoms with Gasteiger partial charge in [0.2, 0.25) is 0 Å². The fourth-order valence-electron chi connectivity index (χ4n) is 3.85. The van der Waals surface area contributed by atoms with Gasteiger partial charge in [-0.3, -0.25) is 4.79 Å². The summed E-state index contributed by atoms with van der Waals surface area (Å²) in [5.41, 5.74) is -5.85. The number of hydrogen-bond acceptors (Lipinski definition) is 1. The average molecular weight is 485 g/mol. The molecule has 9 heteroatoms. The van der Waals surface area contributed by atoms with Gasteiger partial charge in [-0.1, -0.05) is 44.2 Å². The molecule has 0 radical (unpaired) electrons. The Morgan fingerprint density at radius 3 is 1.94 bits per heavy atom.